The number of ether oxygens (including phenoxy) is 5. The summed E-state index contributed by atoms with van der Waals surface area (Å²) in [4.78, 5) is 36.2. The highest BCUT2D eigenvalue weighted by molar-refractivity contribution is 5.94. The number of hydrogen-bond acceptors (Lipinski definition) is 9. The molecule has 0 aromatic heterocycles. The van der Waals surface area contributed by atoms with Crippen molar-refractivity contribution in [2.75, 3.05) is 20.8 Å². The maximum atomic E-state index is 12.6. The van der Waals surface area contributed by atoms with E-state index in [1.54, 1.807) is 13.8 Å². The summed E-state index contributed by atoms with van der Waals surface area (Å²) in [5.74, 6) is -4.89. The molecule has 0 spiro atoms. The van der Waals surface area contributed by atoms with E-state index in [0.717, 1.165) is 7.11 Å². The van der Waals surface area contributed by atoms with Gasteiger partial charge in [-0.3, -0.25) is 9.59 Å². The maximum Gasteiger partial charge on any atom is 0.367 e. The number of esters is 1. The first-order chi connectivity index (χ1) is 12.0. The molecule has 2 saturated heterocycles. The van der Waals surface area contributed by atoms with E-state index in [9.17, 15) is 19.5 Å². The fraction of sp³-hybridized carbons (Fsp3) is 0.812. The molecule has 0 aromatic carbocycles. The van der Waals surface area contributed by atoms with Crippen molar-refractivity contribution in [3.8, 4) is 0 Å². The van der Waals surface area contributed by atoms with Gasteiger partial charge in [0.25, 0.3) is 5.79 Å². The molecule has 2 heterocycles. The SMILES string of the molecule is COC(=O)[C@]1(OC)CC(=O)[C@@H](NC(C)=O)[C@H]([C@H](O)[C@H]2COC(C)(C)O2)O1. The van der Waals surface area contributed by atoms with Gasteiger partial charge in [0, 0.05) is 14.0 Å². The van der Waals surface area contributed by atoms with Crippen LogP contribution >= 0.6 is 0 Å². The Labute approximate surface area is 151 Å². The van der Waals surface area contributed by atoms with Gasteiger partial charge in [0.2, 0.25) is 5.91 Å². The number of aliphatic hydroxyl groups is 1. The Bertz CT molecular complexity index is 578. The van der Waals surface area contributed by atoms with Gasteiger partial charge in [-0.2, -0.15) is 0 Å². The van der Waals surface area contributed by atoms with Crippen molar-refractivity contribution in [1.82, 2.24) is 5.32 Å². The lowest BCUT2D eigenvalue weighted by Crippen LogP contribution is -2.66. The average Bonchev–Trinajstić information content (AvgIpc) is 2.94. The van der Waals surface area contributed by atoms with Crippen molar-refractivity contribution in [2.24, 2.45) is 0 Å². The first kappa shape index (κ1) is 20.7. The lowest BCUT2D eigenvalue weighted by Gasteiger charge is -2.43. The Balaban J connectivity index is 2.33. The number of Topliss-reactive ketones (excluding diaryl/α,β-unsaturated/α-hetero) is 1. The summed E-state index contributed by atoms with van der Waals surface area (Å²) in [7, 11) is 2.31. The Morgan fingerprint density at radius 1 is 1.31 bits per heavy atom. The van der Waals surface area contributed by atoms with E-state index in [1.165, 1.54) is 14.0 Å². The molecular weight excluding hydrogens is 350 g/mol. The second-order valence-electron chi connectivity index (χ2n) is 6.71. The van der Waals surface area contributed by atoms with Crippen molar-refractivity contribution in [2.45, 2.75) is 63.1 Å². The van der Waals surface area contributed by atoms with Gasteiger partial charge in [0.1, 0.15) is 24.4 Å². The van der Waals surface area contributed by atoms with Crippen molar-refractivity contribution >= 4 is 17.7 Å². The number of aliphatic hydroxyl groups excluding tert-OH is 1. The number of ketones is 1. The minimum atomic E-state index is -2.01. The summed E-state index contributed by atoms with van der Waals surface area (Å²) in [6, 6.07) is -1.18. The van der Waals surface area contributed by atoms with E-state index in [-0.39, 0.29) is 6.61 Å². The molecule has 2 aliphatic heterocycles. The molecule has 26 heavy (non-hydrogen) atoms. The fourth-order valence-corrected chi connectivity index (χ4v) is 3.08. The predicted octanol–water partition coefficient (Wildman–Crippen LogP) is -1.12. The molecule has 0 aromatic rings. The van der Waals surface area contributed by atoms with Crippen molar-refractivity contribution in [1.29, 1.82) is 0 Å². The van der Waals surface area contributed by atoms with E-state index in [1.807, 2.05) is 0 Å². The highest BCUT2D eigenvalue weighted by Gasteiger charge is 2.56. The van der Waals surface area contributed by atoms with Crippen LogP contribution in [0.5, 0.6) is 0 Å². The van der Waals surface area contributed by atoms with Crippen LogP contribution in [0.25, 0.3) is 0 Å². The largest absolute Gasteiger partial charge is 0.465 e. The van der Waals surface area contributed by atoms with Crippen LogP contribution in [-0.4, -0.2) is 79.5 Å². The molecule has 0 unspecified atom stereocenters. The Morgan fingerprint density at radius 2 is 1.96 bits per heavy atom. The Hall–Kier alpha value is -1.59. The summed E-state index contributed by atoms with van der Waals surface area (Å²) in [5, 5.41) is 13.2. The predicted molar refractivity (Wildman–Crippen MR) is 84.8 cm³/mol. The third kappa shape index (κ3) is 4.04. The van der Waals surface area contributed by atoms with Crippen molar-refractivity contribution in [3.63, 3.8) is 0 Å². The molecule has 10 heteroatoms. The standard InChI is InChI=1S/C16H25NO9/c1-8(18)17-11-9(19)6-16(23-5,14(21)22-4)26-13(11)12(20)10-7-24-15(2,3)25-10/h10-13,20H,6-7H2,1-5H3,(H,17,18)/t10-,11-,12-,13-,16+/m1/s1. The van der Waals surface area contributed by atoms with E-state index in [0.29, 0.717) is 0 Å². The van der Waals surface area contributed by atoms with E-state index >= 15 is 0 Å². The lowest BCUT2D eigenvalue weighted by molar-refractivity contribution is -0.283. The van der Waals surface area contributed by atoms with Crippen LogP contribution in [0.1, 0.15) is 27.2 Å². The quantitative estimate of drug-likeness (QED) is 0.574. The number of carbonyl (C=O) groups is 3. The van der Waals surface area contributed by atoms with Gasteiger partial charge in [-0.25, -0.2) is 4.79 Å². The summed E-state index contributed by atoms with van der Waals surface area (Å²) < 4.78 is 26.5. The van der Waals surface area contributed by atoms with Gasteiger partial charge in [-0.1, -0.05) is 0 Å². The normalized spacial score (nSPS) is 35.0. The summed E-state index contributed by atoms with van der Waals surface area (Å²) in [6.07, 6.45) is -3.99. The smallest absolute Gasteiger partial charge is 0.367 e. The van der Waals surface area contributed by atoms with E-state index < -0.39 is 60.0 Å². The third-order valence-electron chi connectivity index (χ3n) is 4.34. The highest BCUT2D eigenvalue weighted by atomic mass is 16.8. The number of hydrogen-bond donors (Lipinski definition) is 2. The first-order valence-electron chi connectivity index (χ1n) is 8.16. The molecule has 0 bridgehead atoms. The fourth-order valence-electron chi connectivity index (χ4n) is 3.08. The third-order valence-corrected chi connectivity index (χ3v) is 4.34. The van der Waals surface area contributed by atoms with Crippen LogP contribution < -0.4 is 5.32 Å². The van der Waals surface area contributed by atoms with Gasteiger partial charge in [-0.15, -0.1) is 0 Å². The zero-order valence-electron chi connectivity index (χ0n) is 15.4. The minimum absolute atomic E-state index is 0.0488. The molecule has 148 valence electrons. The van der Waals surface area contributed by atoms with Gasteiger partial charge < -0.3 is 34.1 Å². The summed E-state index contributed by atoms with van der Waals surface area (Å²) in [6.45, 7) is 4.62. The average molecular weight is 375 g/mol. The molecule has 0 radical (unpaired) electrons. The Kier molecular flexibility index (Phi) is 6.03. The molecule has 2 N–H and O–H groups in total. The van der Waals surface area contributed by atoms with Crippen molar-refractivity contribution < 1.29 is 43.2 Å². The van der Waals surface area contributed by atoms with Crippen LogP contribution in [0.3, 0.4) is 0 Å². The monoisotopic (exact) mass is 375 g/mol. The summed E-state index contributed by atoms with van der Waals surface area (Å²) in [5.41, 5.74) is 0. The lowest BCUT2D eigenvalue weighted by atomic mass is 9.89. The van der Waals surface area contributed by atoms with Gasteiger partial charge in [0.15, 0.2) is 11.6 Å². The number of rotatable bonds is 5. The molecule has 5 atom stereocenters. The molecule has 2 fully saturated rings. The highest BCUT2D eigenvalue weighted by Crippen LogP contribution is 2.34. The molecule has 2 rings (SSSR count). The topological polar surface area (TPSA) is 130 Å². The Morgan fingerprint density at radius 3 is 2.42 bits per heavy atom. The van der Waals surface area contributed by atoms with Crippen LogP contribution in [0.2, 0.25) is 0 Å². The molecule has 10 nitrogen and oxygen atoms in total. The molecule has 0 saturated carbocycles. The molecule has 2 aliphatic rings. The molecule has 1 amide bonds. The van der Waals surface area contributed by atoms with Gasteiger partial charge >= 0.3 is 5.97 Å². The first-order valence-corrected chi connectivity index (χ1v) is 8.16. The van der Waals surface area contributed by atoms with E-state index in [4.69, 9.17) is 18.9 Å². The second-order valence-corrected chi connectivity index (χ2v) is 6.71. The number of nitrogens with one attached hydrogen (secondary N) is 1. The van der Waals surface area contributed by atoms with Crippen molar-refractivity contribution in [3.05, 3.63) is 0 Å². The van der Waals surface area contributed by atoms with Crippen LogP contribution in [-0.2, 0) is 38.1 Å². The molecule has 0 aliphatic carbocycles. The number of amides is 1. The maximum absolute atomic E-state index is 12.6. The van der Waals surface area contributed by atoms with Crippen LogP contribution in [0.4, 0.5) is 0 Å². The van der Waals surface area contributed by atoms with Crippen LogP contribution in [0, 0.1) is 0 Å². The second kappa shape index (κ2) is 7.57. The van der Waals surface area contributed by atoms with Gasteiger partial charge in [0.05, 0.1) is 20.1 Å². The zero-order chi connectivity index (χ0) is 19.7. The number of carbonyl (C=O) groups excluding carboxylic acids is 3. The van der Waals surface area contributed by atoms with E-state index in [2.05, 4.69) is 10.1 Å². The molecular formula is C16H25NO9. The number of methoxy groups -OCH3 is 2. The van der Waals surface area contributed by atoms with Gasteiger partial charge in [-0.05, 0) is 13.8 Å². The zero-order valence-corrected chi connectivity index (χ0v) is 15.4. The summed E-state index contributed by atoms with van der Waals surface area (Å²) >= 11 is 0. The van der Waals surface area contributed by atoms with Crippen LogP contribution in [0.15, 0.2) is 0 Å². The minimum Gasteiger partial charge on any atom is -0.465 e.